The van der Waals surface area contributed by atoms with Crippen molar-refractivity contribution in [3.63, 3.8) is 0 Å². The number of benzene rings is 2. The highest BCUT2D eigenvalue weighted by Gasteiger charge is 2.07. The Morgan fingerprint density at radius 2 is 1.88 bits per heavy atom. The highest BCUT2D eigenvalue weighted by Crippen LogP contribution is 2.03. The molecule has 1 amide bonds. The van der Waals surface area contributed by atoms with Gasteiger partial charge in [0.2, 0.25) is 0 Å². The Morgan fingerprint density at radius 1 is 1.12 bits per heavy atom. The topological polar surface area (TPSA) is 64.9 Å². The van der Waals surface area contributed by atoms with Crippen LogP contribution in [0.25, 0.3) is 0 Å². The number of rotatable bonds is 7. The standard InChI is InChI=1S/C19H18FN3O/c20-18-8-4-7-15(11-18)9-10-22-14-17(12-21)19(24)23-13-16-5-2-1-3-6-16/h1-8,11,14,22H,9-10,13H2,(H,23,24)/b17-14-. The molecule has 2 rings (SSSR count). The maximum atomic E-state index is 13.1. The van der Waals surface area contributed by atoms with E-state index in [4.69, 9.17) is 5.26 Å². The zero-order valence-electron chi connectivity index (χ0n) is 13.1. The second kappa shape index (κ2) is 9.11. The Bertz CT molecular complexity index is 751. The van der Waals surface area contributed by atoms with Crippen molar-refractivity contribution in [3.8, 4) is 6.07 Å². The van der Waals surface area contributed by atoms with E-state index in [9.17, 15) is 9.18 Å². The molecule has 0 aliphatic rings. The van der Waals surface area contributed by atoms with E-state index in [0.29, 0.717) is 19.5 Å². The van der Waals surface area contributed by atoms with Crippen LogP contribution in [0.2, 0.25) is 0 Å². The first-order valence-corrected chi connectivity index (χ1v) is 7.59. The molecule has 0 fully saturated rings. The first kappa shape index (κ1) is 17.2. The molecular weight excluding hydrogens is 305 g/mol. The Balaban J connectivity index is 1.80. The fourth-order valence-corrected chi connectivity index (χ4v) is 2.11. The maximum Gasteiger partial charge on any atom is 0.263 e. The van der Waals surface area contributed by atoms with Crippen LogP contribution in [0.4, 0.5) is 4.39 Å². The summed E-state index contributed by atoms with van der Waals surface area (Å²) in [5.74, 6) is -0.708. The van der Waals surface area contributed by atoms with Crippen LogP contribution in [0.15, 0.2) is 66.4 Å². The lowest BCUT2D eigenvalue weighted by molar-refractivity contribution is -0.117. The van der Waals surface area contributed by atoms with Gasteiger partial charge in [-0.1, -0.05) is 42.5 Å². The Morgan fingerprint density at radius 3 is 2.58 bits per heavy atom. The number of hydrogen-bond acceptors (Lipinski definition) is 3. The molecule has 0 radical (unpaired) electrons. The molecule has 2 N–H and O–H groups in total. The SMILES string of the molecule is N#C/C(=C/NCCc1cccc(F)c1)C(=O)NCc1ccccc1. The summed E-state index contributed by atoms with van der Waals surface area (Å²) >= 11 is 0. The van der Waals surface area contributed by atoms with E-state index < -0.39 is 5.91 Å². The molecule has 0 saturated heterocycles. The molecule has 0 spiro atoms. The van der Waals surface area contributed by atoms with Gasteiger partial charge >= 0.3 is 0 Å². The third kappa shape index (κ3) is 5.58. The molecule has 0 bridgehead atoms. The zero-order chi connectivity index (χ0) is 17.2. The highest BCUT2D eigenvalue weighted by molar-refractivity contribution is 5.97. The van der Waals surface area contributed by atoms with E-state index >= 15 is 0 Å². The van der Waals surface area contributed by atoms with Crippen LogP contribution in [-0.2, 0) is 17.8 Å². The third-order valence-electron chi connectivity index (χ3n) is 3.35. The molecule has 0 aliphatic carbocycles. The second-order valence-electron chi connectivity index (χ2n) is 5.17. The van der Waals surface area contributed by atoms with E-state index in [0.717, 1.165) is 11.1 Å². The lowest BCUT2D eigenvalue weighted by Crippen LogP contribution is -2.25. The molecule has 0 atom stereocenters. The third-order valence-corrected chi connectivity index (χ3v) is 3.35. The quantitative estimate of drug-likeness (QED) is 0.468. The monoisotopic (exact) mass is 323 g/mol. The number of halogens is 1. The molecule has 4 nitrogen and oxygen atoms in total. The predicted octanol–water partition coefficient (Wildman–Crippen LogP) is 2.68. The van der Waals surface area contributed by atoms with Gasteiger partial charge in [-0.05, 0) is 29.7 Å². The summed E-state index contributed by atoms with van der Waals surface area (Å²) in [4.78, 5) is 12.0. The second-order valence-corrected chi connectivity index (χ2v) is 5.17. The number of hydrogen-bond donors (Lipinski definition) is 2. The lowest BCUT2D eigenvalue weighted by Gasteiger charge is -2.05. The van der Waals surface area contributed by atoms with Gasteiger partial charge in [-0.3, -0.25) is 4.79 Å². The summed E-state index contributed by atoms with van der Waals surface area (Å²) < 4.78 is 13.1. The molecular formula is C19H18FN3O. The van der Waals surface area contributed by atoms with Crippen LogP contribution in [0.1, 0.15) is 11.1 Å². The van der Waals surface area contributed by atoms with Crippen LogP contribution in [-0.4, -0.2) is 12.5 Å². The average molecular weight is 323 g/mol. The number of carbonyl (C=O) groups is 1. The van der Waals surface area contributed by atoms with Crippen molar-refractivity contribution in [3.05, 3.63) is 83.3 Å². The van der Waals surface area contributed by atoms with Crippen LogP contribution in [0, 0.1) is 17.1 Å². The fraction of sp³-hybridized carbons (Fsp3) is 0.158. The first-order chi connectivity index (χ1) is 11.7. The molecule has 0 aromatic heterocycles. The Kier molecular flexibility index (Phi) is 6.54. The van der Waals surface area contributed by atoms with Gasteiger partial charge in [0.25, 0.3) is 5.91 Å². The minimum atomic E-state index is -0.431. The normalized spacial score (nSPS) is 10.8. The van der Waals surface area contributed by atoms with E-state index in [1.165, 1.54) is 18.3 Å². The molecule has 122 valence electrons. The number of amides is 1. The summed E-state index contributed by atoms with van der Waals surface area (Å²) in [6.07, 6.45) is 1.98. The van der Waals surface area contributed by atoms with Gasteiger partial charge in [-0.25, -0.2) is 4.39 Å². The maximum absolute atomic E-state index is 13.1. The van der Waals surface area contributed by atoms with E-state index in [1.807, 2.05) is 42.5 Å². The summed E-state index contributed by atoms with van der Waals surface area (Å²) in [7, 11) is 0. The van der Waals surface area contributed by atoms with Gasteiger partial charge in [0.05, 0.1) is 0 Å². The fourth-order valence-electron chi connectivity index (χ4n) is 2.11. The van der Waals surface area contributed by atoms with Gasteiger partial charge < -0.3 is 10.6 Å². The zero-order valence-corrected chi connectivity index (χ0v) is 13.1. The first-order valence-electron chi connectivity index (χ1n) is 7.59. The molecule has 2 aromatic rings. The van der Waals surface area contributed by atoms with Gasteiger partial charge in [0, 0.05) is 19.3 Å². The van der Waals surface area contributed by atoms with Crippen molar-refractivity contribution in [2.75, 3.05) is 6.54 Å². The highest BCUT2D eigenvalue weighted by atomic mass is 19.1. The van der Waals surface area contributed by atoms with Crippen LogP contribution in [0.5, 0.6) is 0 Å². The lowest BCUT2D eigenvalue weighted by atomic mass is 10.1. The van der Waals surface area contributed by atoms with E-state index in [1.54, 1.807) is 6.07 Å². The number of nitriles is 1. The van der Waals surface area contributed by atoms with Crippen LogP contribution >= 0.6 is 0 Å². The molecule has 0 saturated carbocycles. The number of nitrogens with one attached hydrogen (secondary N) is 2. The smallest absolute Gasteiger partial charge is 0.263 e. The molecule has 0 unspecified atom stereocenters. The Hall–Kier alpha value is -3.13. The summed E-state index contributed by atoms with van der Waals surface area (Å²) in [6.45, 7) is 0.864. The van der Waals surface area contributed by atoms with Crippen LogP contribution < -0.4 is 10.6 Å². The van der Waals surface area contributed by atoms with Gasteiger partial charge in [0.15, 0.2) is 0 Å². The number of carbonyl (C=O) groups excluding carboxylic acids is 1. The van der Waals surface area contributed by atoms with E-state index in [-0.39, 0.29) is 11.4 Å². The summed E-state index contributed by atoms with van der Waals surface area (Å²) in [6, 6.07) is 17.7. The van der Waals surface area contributed by atoms with Gasteiger partial charge in [-0.15, -0.1) is 0 Å². The average Bonchev–Trinajstić information content (AvgIpc) is 2.61. The summed E-state index contributed by atoms with van der Waals surface area (Å²) in [5, 5.41) is 14.7. The Labute approximate surface area is 140 Å². The minimum Gasteiger partial charge on any atom is -0.389 e. The predicted molar refractivity (Wildman–Crippen MR) is 90.1 cm³/mol. The molecule has 5 heteroatoms. The molecule has 2 aromatic carbocycles. The van der Waals surface area contributed by atoms with Crippen molar-refractivity contribution in [1.29, 1.82) is 5.26 Å². The molecule has 0 aliphatic heterocycles. The van der Waals surface area contributed by atoms with Crippen molar-refractivity contribution in [2.24, 2.45) is 0 Å². The minimum absolute atomic E-state index is 0.00479. The van der Waals surface area contributed by atoms with Crippen molar-refractivity contribution in [2.45, 2.75) is 13.0 Å². The summed E-state index contributed by atoms with van der Waals surface area (Å²) in [5.41, 5.74) is 1.82. The number of nitrogens with zero attached hydrogens (tertiary/aromatic N) is 1. The van der Waals surface area contributed by atoms with Crippen molar-refractivity contribution in [1.82, 2.24) is 10.6 Å². The molecule has 0 heterocycles. The van der Waals surface area contributed by atoms with Gasteiger partial charge in [-0.2, -0.15) is 5.26 Å². The van der Waals surface area contributed by atoms with Gasteiger partial charge in [0.1, 0.15) is 17.5 Å². The van der Waals surface area contributed by atoms with Crippen molar-refractivity contribution >= 4 is 5.91 Å². The van der Waals surface area contributed by atoms with Crippen LogP contribution in [0.3, 0.4) is 0 Å². The largest absolute Gasteiger partial charge is 0.389 e. The van der Waals surface area contributed by atoms with E-state index in [2.05, 4.69) is 10.6 Å². The molecule has 24 heavy (non-hydrogen) atoms. The van der Waals surface area contributed by atoms with Crippen molar-refractivity contribution < 1.29 is 9.18 Å².